The minimum atomic E-state index is -3.32. The lowest BCUT2D eigenvalue weighted by atomic mass is 9.89. The highest BCUT2D eigenvalue weighted by Crippen LogP contribution is 2.48. The van der Waals surface area contributed by atoms with Gasteiger partial charge in [-0.3, -0.25) is 0 Å². The van der Waals surface area contributed by atoms with E-state index in [0.717, 1.165) is 16.7 Å². The first-order valence-electron chi connectivity index (χ1n) is 7.31. The average molecular weight is 314 g/mol. The van der Waals surface area contributed by atoms with Crippen LogP contribution < -0.4 is 10.0 Å². The summed E-state index contributed by atoms with van der Waals surface area (Å²) >= 11 is 1.35. The van der Waals surface area contributed by atoms with Gasteiger partial charge in [-0.05, 0) is 56.2 Å². The molecule has 0 aliphatic heterocycles. The molecule has 1 heterocycles. The number of rotatable bonds is 6. The molecule has 1 aromatic rings. The van der Waals surface area contributed by atoms with Gasteiger partial charge in [-0.15, -0.1) is 11.3 Å². The third-order valence-electron chi connectivity index (χ3n) is 4.67. The van der Waals surface area contributed by atoms with Gasteiger partial charge in [0, 0.05) is 18.0 Å². The number of hydrogen-bond donors (Lipinski definition) is 2. The van der Waals surface area contributed by atoms with Crippen molar-refractivity contribution in [1.82, 2.24) is 10.0 Å². The van der Waals surface area contributed by atoms with Crippen LogP contribution in [-0.4, -0.2) is 22.0 Å². The monoisotopic (exact) mass is 314 g/mol. The van der Waals surface area contributed by atoms with Gasteiger partial charge in [-0.25, -0.2) is 13.1 Å². The summed E-state index contributed by atoms with van der Waals surface area (Å²) in [5.41, 5.74) is 0. The third kappa shape index (κ3) is 2.93. The Morgan fingerprint density at radius 2 is 2.15 bits per heavy atom. The number of sulfonamides is 1. The van der Waals surface area contributed by atoms with Gasteiger partial charge in [0.25, 0.3) is 0 Å². The van der Waals surface area contributed by atoms with Crippen LogP contribution in [0.25, 0.3) is 0 Å². The van der Waals surface area contributed by atoms with Crippen molar-refractivity contribution in [2.24, 2.45) is 17.8 Å². The minimum Gasteiger partial charge on any atom is -0.315 e. The molecule has 0 radical (unpaired) electrons. The molecule has 3 unspecified atom stereocenters. The molecule has 2 bridgehead atoms. The fourth-order valence-electron chi connectivity index (χ4n) is 3.69. The predicted molar refractivity (Wildman–Crippen MR) is 81.2 cm³/mol. The van der Waals surface area contributed by atoms with E-state index in [2.05, 4.69) is 10.0 Å². The average Bonchev–Trinajstić information content (AvgIpc) is 3.12. The van der Waals surface area contributed by atoms with Crippen LogP contribution in [0.1, 0.15) is 30.6 Å². The Hall–Kier alpha value is -0.430. The van der Waals surface area contributed by atoms with E-state index in [-0.39, 0.29) is 0 Å². The molecule has 2 aliphatic carbocycles. The topological polar surface area (TPSA) is 58.2 Å². The van der Waals surface area contributed by atoms with Crippen molar-refractivity contribution >= 4 is 21.4 Å². The van der Waals surface area contributed by atoms with E-state index in [4.69, 9.17) is 0 Å². The maximum absolute atomic E-state index is 12.3. The fraction of sp³-hybridized carbons (Fsp3) is 0.714. The lowest BCUT2D eigenvalue weighted by molar-refractivity contribution is 0.333. The number of fused-ring (bicyclic) bond motifs is 2. The Morgan fingerprint density at radius 1 is 1.30 bits per heavy atom. The normalized spacial score (nSPS) is 29.1. The summed E-state index contributed by atoms with van der Waals surface area (Å²) in [6.07, 6.45) is 5.18. The number of hydrogen-bond acceptors (Lipinski definition) is 4. The molecule has 4 nitrogen and oxygen atoms in total. The molecular weight excluding hydrogens is 292 g/mol. The highest BCUT2D eigenvalue weighted by atomic mass is 32.2. The van der Waals surface area contributed by atoms with Crippen LogP contribution in [0.4, 0.5) is 0 Å². The first-order chi connectivity index (χ1) is 9.58. The molecule has 1 aromatic heterocycles. The summed E-state index contributed by atoms with van der Waals surface area (Å²) in [6, 6.07) is 3.59. The van der Waals surface area contributed by atoms with Crippen molar-refractivity contribution in [3.05, 3.63) is 17.0 Å². The quantitative estimate of drug-likeness (QED) is 0.846. The minimum absolute atomic E-state index is 0.436. The Bertz CT molecular complexity index is 567. The van der Waals surface area contributed by atoms with E-state index in [1.165, 1.54) is 37.0 Å². The fourth-order valence-corrected chi connectivity index (χ4v) is 6.19. The lowest BCUT2D eigenvalue weighted by Crippen LogP contribution is -2.31. The van der Waals surface area contributed by atoms with Crippen molar-refractivity contribution in [2.75, 3.05) is 13.6 Å². The van der Waals surface area contributed by atoms with Crippen molar-refractivity contribution in [3.63, 3.8) is 0 Å². The molecule has 0 spiro atoms. The molecule has 112 valence electrons. The Labute approximate surface area is 125 Å². The Kier molecular flexibility index (Phi) is 4.17. The van der Waals surface area contributed by atoms with E-state index in [1.807, 2.05) is 13.1 Å². The van der Waals surface area contributed by atoms with Crippen LogP contribution >= 0.6 is 11.3 Å². The second kappa shape index (κ2) is 5.75. The molecular formula is C14H22N2O2S2. The van der Waals surface area contributed by atoms with Gasteiger partial charge in [-0.1, -0.05) is 6.42 Å². The van der Waals surface area contributed by atoms with Gasteiger partial charge in [0.15, 0.2) is 0 Å². The second-order valence-electron chi connectivity index (χ2n) is 6.04. The Morgan fingerprint density at radius 3 is 2.80 bits per heavy atom. The SMILES string of the molecule is CNCc1ccc(S(=O)(=O)NCC2CC3CCC2C3)s1. The summed E-state index contributed by atoms with van der Waals surface area (Å²) in [5.74, 6) is 2.17. The lowest BCUT2D eigenvalue weighted by Gasteiger charge is -2.21. The van der Waals surface area contributed by atoms with Gasteiger partial charge >= 0.3 is 0 Å². The summed E-state index contributed by atoms with van der Waals surface area (Å²) in [4.78, 5) is 1.05. The van der Waals surface area contributed by atoms with E-state index in [9.17, 15) is 8.42 Å². The first-order valence-corrected chi connectivity index (χ1v) is 9.61. The highest BCUT2D eigenvalue weighted by Gasteiger charge is 2.39. The van der Waals surface area contributed by atoms with Gasteiger partial charge in [0.1, 0.15) is 4.21 Å². The van der Waals surface area contributed by atoms with Crippen molar-refractivity contribution < 1.29 is 8.42 Å². The third-order valence-corrected chi connectivity index (χ3v) is 7.67. The van der Waals surface area contributed by atoms with Gasteiger partial charge in [0.05, 0.1) is 0 Å². The van der Waals surface area contributed by atoms with E-state index < -0.39 is 10.0 Å². The zero-order chi connectivity index (χ0) is 14.2. The molecule has 0 aromatic carbocycles. The zero-order valence-electron chi connectivity index (χ0n) is 11.8. The maximum atomic E-state index is 12.3. The molecule has 2 N–H and O–H groups in total. The molecule has 20 heavy (non-hydrogen) atoms. The molecule has 2 fully saturated rings. The predicted octanol–water partition coefficient (Wildman–Crippen LogP) is 2.18. The molecule has 0 saturated heterocycles. The molecule has 2 aliphatic rings. The molecule has 3 atom stereocenters. The number of thiophene rings is 1. The van der Waals surface area contributed by atoms with Crippen LogP contribution in [0, 0.1) is 17.8 Å². The smallest absolute Gasteiger partial charge is 0.250 e. The Balaban J connectivity index is 1.60. The van der Waals surface area contributed by atoms with Crippen LogP contribution in [-0.2, 0) is 16.6 Å². The summed E-state index contributed by atoms with van der Waals surface area (Å²) < 4.78 is 27.8. The van der Waals surface area contributed by atoms with Crippen molar-refractivity contribution in [3.8, 4) is 0 Å². The van der Waals surface area contributed by atoms with Gasteiger partial charge in [-0.2, -0.15) is 0 Å². The summed E-state index contributed by atoms with van der Waals surface area (Å²) in [7, 11) is -1.46. The standard InChI is InChI=1S/C14H22N2O2S2/c1-15-9-13-4-5-14(19-13)20(17,18)16-8-12-7-10-2-3-11(12)6-10/h4-5,10-12,15-16H,2-3,6-9H2,1H3. The van der Waals surface area contributed by atoms with Crippen LogP contribution in [0.3, 0.4) is 0 Å². The highest BCUT2D eigenvalue weighted by molar-refractivity contribution is 7.91. The van der Waals surface area contributed by atoms with Gasteiger partial charge in [0.2, 0.25) is 10.0 Å². The zero-order valence-corrected chi connectivity index (χ0v) is 13.4. The van der Waals surface area contributed by atoms with Crippen molar-refractivity contribution in [1.29, 1.82) is 0 Å². The first kappa shape index (κ1) is 14.5. The van der Waals surface area contributed by atoms with Crippen LogP contribution in [0.15, 0.2) is 16.3 Å². The maximum Gasteiger partial charge on any atom is 0.250 e. The molecule has 2 saturated carbocycles. The molecule has 0 amide bonds. The molecule has 6 heteroatoms. The molecule has 3 rings (SSSR count). The van der Waals surface area contributed by atoms with Crippen LogP contribution in [0.5, 0.6) is 0 Å². The van der Waals surface area contributed by atoms with E-state index in [0.29, 0.717) is 23.2 Å². The number of nitrogens with one attached hydrogen (secondary N) is 2. The van der Waals surface area contributed by atoms with Crippen LogP contribution in [0.2, 0.25) is 0 Å². The summed E-state index contributed by atoms with van der Waals surface area (Å²) in [5, 5.41) is 3.04. The second-order valence-corrected chi connectivity index (χ2v) is 9.20. The van der Waals surface area contributed by atoms with E-state index >= 15 is 0 Å². The summed E-state index contributed by atoms with van der Waals surface area (Å²) in [6.45, 7) is 1.33. The van der Waals surface area contributed by atoms with Gasteiger partial charge < -0.3 is 5.32 Å². The van der Waals surface area contributed by atoms with E-state index in [1.54, 1.807) is 6.07 Å². The van der Waals surface area contributed by atoms with Crippen molar-refractivity contribution in [2.45, 2.75) is 36.4 Å². The largest absolute Gasteiger partial charge is 0.315 e.